The van der Waals surface area contributed by atoms with Crippen LogP contribution in [0.15, 0.2) is 18.5 Å². The molecule has 0 atom stereocenters. The predicted molar refractivity (Wildman–Crippen MR) is 69.7 cm³/mol. The van der Waals surface area contributed by atoms with Crippen molar-refractivity contribution in [2.75, 3.05) is 17.6 Å². The van der Waals surface area contributed by atoms with Crippen LogP contribution in [-0.4, -0.2) is 21.5 Å². The molecule has 2 rings (SSSR count). The normalized spacial score (nSPS) is 11.0. The Hall–Kier alpha value is -1.91. The molecule has 0 aliphatic heterocycles. The number of nitrogen functional groups attached to an aromatic ring is 1. The first-order chi connectivity index (χ1) is 8.16. The minimum Gasteiger partial charge on any atom is -0.384 e. The maximum atomic E-state index is 5.62. The molecule has 90 valence electrons. The van der Waals surface area contributed by atoms with E-state index >= 15 is 0 Å². The average Bonchev–Trinajstić information content (AvgIpc) is 2.28. The van der Waals surface area contributed by atoms with Crippen molar-refractivity contribution in [3.8, 4) is 0 Å². The monoisotopic (exact) mass is 231 g/mol. The Morgan fingerprint density at radius 2 is 2.12 bits per heavy atom. The van der Waals surface area contributed by atoms with Crippen molar-refractivity contribution in [3.63, 3.8) is 0 Å². The van der Waals surface area contributed by atoms with Crippen LogP contribution in [0.5, 0.6) is 0 Å². The number of nitrogens with one attached hydrogen (secondary N) is 1. The molecule has 0 bridgehead atoms. The lowest BCUT2D eigenvalue weighted by Gasteiger charge is -2.09. The molecule has 0 saturated carbocycles. The van der Waals surface area contributed by atoms with E-state index in [9.17, 15) is 0 Å². The number of hydrogen-bond acceptors (Lipinski definition) is 5. The van der Waals surface area contributed by atoms with Gasteiger partial charge in [-0.15, -0.1) is 0 Å². The number of pyridine rings is 1. The largest absolute Gasteiger partial charge is 0.384 e. The third kappa shape index (κ3) is 2.81. The molecule has 5 nitrogen and oxygen atoms in total. The molecule has 0 aromatic carbocycles. The number of fused-ring (bicyclic) bond motifs is 1. The summed E-state index contributed by atoms with van der Waals surface area (Å²) in [7, 11) is 0. The van der Waals surface area contributed by atoms with Crippen LogP contribution >= 0.6 is 0 Å². The SMILES string of the molecule is CC(C)CCNc1ncnc2nc(N)ccc12. The lowest BCUT2D eigenvalue weighted by molar-refractivity contribution is 0.607. The molecule has 0 unspecified atom stereocenters. The Bertz CT molecular complexity index is 509. The highest BCUT2D eigenvalue weighted by molar-refractivity contribution is 5.86. The van der Waals surface area contributed by atoms with Crippen molar-refractivity contribution in [1.82, 2.24) is 15.0 Å². The molecular weight excluding hydrogens is 214 g/mol. The molecule has 5 heteroatoms. The first-order valence-corrected chi connectivity index (χ1v) is 5.78. The predicted octanol–water partition coefficient (Wildman–Crippen LogP) is 2.06. The highest BCUT2D eigenvalue weighted by Gasteiger charge is 2.04. The van der Waals surface area contributed by atoms with Crippen LogP contribution in [0.25, 0.3) is 11.0 Å². The van der Waals surface area contributed by atoms with Crippen LogP contribution in [0.1, 0.15) is 20.3 Å². The minimum atomic E-state index is 0.476. The van der Waals surface area contributed by atoms with Gasteiger partial charge in [-0.05, 0) is 24.5 Å². The molecule has 0 amide bonds. The highest BCUT2D eigenvalue weighted by atomic mass is 15.0. The topological polar surface area (TPSA) is 76.7 Å². The maximum Gasteiger partial charge on any atom is 0.166 e. The van der Waals surface area contributed by atoms with Crippen molar-refractivity contribution in [3.05, 3.63) is 18.5 Å². The van der Waals surface area contributed by atoms with E-state index in [0.717, 1.165) is 24.2 Å². The summed E-state index contributed by atoms with van der Waals surface area (Å²) in [4.78, 5) is 12.5. The molecule has 2 aromatic rings. The van der Waals surface area contributed by atoms with Gasteiger partial charge in [0.15, 0.2) is 5.65 Å². The summed E-state index contributed by atoms with van der Waals surface area (Å²) < 4.78 is 0. The molecule has 2 heterocycles. The second-order valence-electron chi connectivity index (χ2n) is 4.44. The van der Waals surface area contributed by atoms with Crippen molar-refractivity contribution in [2.45, 2.75) is 20.3 Å². The zero-order valence-corrected chi connectivity index (χ0v) is 10.1. The quantitative estimate of drug-likeness (QED) is 0.842. The molecule has 0 aliphatic rings. The van der Waals surface area contributed by atoms with Crippen LogP contribution < -0.4 is 11.1 Å². The van der Waals surface area contributed by atoms with Crippen molar-refractivity contribution in [2.24, 2.45) is 5.92 Å². The molecule has 0 spiro atoms. The van der Waals surface area contributed by atoms with E-state index in [1.165, 1.54) is 6.33 Å². The molecule has 0 fully saturated rings. The smallest absolute Gasteiger partial charge is 0.166 e. The van der Waals surface area contributed by atoms with Gasteiger partial charge in [0.05, 0.1) is 5.39 Å². The van der Waals surface area contributed by atoms with Gasteiger partial charge >= 0.3 is 0 Å². The van der Waals surface area contributed by atoms with Crippen LogP contribution in [0, 0.1) is 5.92 Å². The number of hydrogen-bond donors (Lipinski definition) is 2. The Balaban J connectivity index is 2.22. The van der Waals surface area contributed by atoms with E-state index in [4.69, 9.17) is 5.73 Å². The lowest BCUT2D eigenvalue weighted by Crippen LogP contribution is -2.07. The summed E-state index contributed by atoms with van der Waals surface area (Å²) in [6.45, 7) is 5.29. The number of rotatable bonds is 4. The summed E-state index contributed by atoms with van der Waals surface area (Å²) >= 11 is 0. The number of aromatic nitrogens is 3. The number of nitrogens with two attached hydrogens (primary N) is 1. The van der Waals surface area contributed by atoms with E-state index in [0.29, 0.717) is 17.4 Å². The average molecular weight is 231 g/mol. The van der Waals surface area contributed by atoms with Crippen LogP contribution in [0.4, 0.5) is 11.6 Å². The summed E-state index contributed by atoms with van der Waals surface area (Å²) in [5, 5.41) is 4.21. The number of nitrogens with zero attached hydrogens (tertiary/aromatic N) is 3. The van der Waals surface area contributed by atoms with E-state index in [2.05, 4.69) is 34.1 Å². The summed E-state index contributed by atoms with van der Waals surface area (Å²) in [6.07, 6.45) is 2.61. The Morgan fingerprint density at radius 1 is 1.29 bits per heavy atom. The van der Waals surface area contributed by atoms with E-state index in [-0.39, 0.29) is 0 Å². The number of anilines is 2. The highest BCUT2D eigenvalue weighted by Crippen LogP contribution is 2.18. The molecule has 2 aromatic heterocycles. The molecular formula is C12H17N5. The summed E-state index contributed by atoms with van der Waals surface area (Å²) in [6, 6.07) is 3.66. The minimum absolute atomic E-state index is 0.476. The first-order valence-electron chi connectivity index (χ1n) is 5.78. The van der Waals surface area contributed by atoms with Gasteiger partial charge in [-0.3, -0.25) is 0 Å². The molecule has 17 heavy (non-hydrogen) atoms. The van der Waals surface area contributed by atoms with E-state index in [1.807, 2.05) is 6.07 Å². The van der Waals surface area contributed by atoms with Crippen LogP contribution in [0.3, 0.4) is 0 Å². The first kappa shape index (κ1) is 11.6. The third-order valence-corrected chi connectivity index (χ3v) is 2.53. The summed E-state index contributed by atoms with van der Waals surface area (Å²) in [5.74, 6) is 1.97. The maximum absolute atomic E-state index is 5.62. The lowest BCUT2D eigenvalue weighted by atomic mass is 10.1. The Labute approximate surface area is 100 Å². The van der Waals surface area contributed by atoms with Gasteiger partial charge in [0.2, 0.25) is 0 Å². The molecule has 0 aliphatic carbocycles. The van der Waals surface area contributed by atoms with E-state index in [1.54, 1.807) is 6.07 Å². The van der Waals surface area contributed by atoms with Crippen LogP contribution in [-0.2, 0) is 0 Å². The van der Waals surface area contributed by atoms with Crippen LogP contribution in [0.2, 0.25) is 0 Å². The van der Waals surface area contributed by atoms with Gasteiger partial charge in [-0.2, -0.15) is 0 Å². The van der Waals surface area contributed by atoms with Gasteiger partial charge in [0, 0.05) is 6.54 Å². The van der Waals surface area contributed by atoms with Gasteiger partial charge in [-0.25, -0.2) is 15.0 Å². The van der Waals surface area contributed by atoms with Gasteiger partial charge in [0.1, 0.15) is 18.0 Å². The Kier molecular flexibility index (Phi) is 3.37. The van der Waals surface area contributed by atoms with Gasteiger partial charge in [0.25, 0.3) is 0 Å². The second kappa shape index (κ2) is 4.95. The fourth-order valence-corrected chi connectivity index (χ4v) is 1.58. The third-order valence-electron chi connectivity index (χ3n) is 2.53. The zero-order chi connectivity index (χ0) is 12.3. The van der Waals surface area contributed by atoms with Gasteiger partial charge in [-0.1, -0.05) is 13.8 Å². The molecule has 0 saturated heterocycles. The Morgan fingerprint density at radius 3 is 2.88 bits per heavy atom. The van der Waals surface area contributed by atoms with Gasteiger partial charge < -0.3 is 11.1 Å². The van der Waals surface area contributed by atoms with Crippen molar-refractivity contribution < 1.29 is 0 Å². The zero-order valence-electron chi connectivity index (χ0n) is 10.1. The fourth-order valence-electron chi connectivity index (χ4n) is 1.58. The van der Waals surface area contributed by atoms with E-state index < -0.39 is 0 Å². The summed E-state index contributed by atoms with van der Waals surface area (Å²) in [5.41, 5.74) is 6.25. The van der Waals surface area contributed by atoms with Crippen molar-refractivity contribution in [1.29, 1.82) is 0 Å². The molecule has 3 N–H and O–H groups in total. The second-order valence-corrected chi connectivity index (χ2v) is 4.44. The molecule has 0 radical (unpaired) electrons. The standard InChI is InChI=1S/C12H17N5/c1-8(2)5-6-14-11-9-3-4-10(13)17-12(9)16-7-15-11/h3-4,7-8H,5-6H2,1-2H3,(H3,13,14,15,16,17). The fraction of sp³-hybridized carbons (Fsp3) is 0.417. The van der Waals surface area contributed by atoms with Crippen molar-refractivity contribution >= 4 is 22.7 Å².